The van der Waals surface area contributed by atoms with Gasteiger partial charge in [-0.25, -0.2) is 15.0 Å². The second-order valence-corrected chi connectivity index (χ2v) is 9.83. The number of pyridine rings is 1. The largest absolute Gasteiger partial charge is 0.394 e. The molecule has 1 saturated heterocycles. The van der Waals surface area contributed by atoms with Crippen molar-refractivity contribution in [2.24, 2.45) is 0 Å². The number of nitrogens with one attached hydrogen (secondary N) is 1. The highest BCUT2D eigenvalue weighted by Crippen LogP contribution is 2.44. The quantitative estimate of drug-likeness (QED) is 0.621. The van der Waals surface area contributed by atoms with Crippen LogP contribution in [0, 0.1) is 0 Å². The average molecular weight is 444 g/mol. The van der Waals surface area contributed by atoms with Gasteiger partial charge in [0.05, 0.1) is 48.3 Å². The maximum absolute atomic E-state index is 9.65. The van der Waals surface area contributed by atoms with Crippen LogP contribution in [0.15, 0.2) is 6.33 Å². The van der Waals surface area contributed by atoms with E-state index in [0.717, 1.165) is 58.0 Å². The van der Waals surface area contributed by atoms with E-state index in [1.54, 1.807) is 17.7 Å². The monoisotopic (exact) mass is 443 g/mol. The minimum Gasteiger partial charge on any atom is -0.394 e. The molecule has 1 unspecified atom stereocenters. The molecule has 2 aliphatic heterocycles. The Kier molecular flexibility index (Phi) is 5.45. The summed E-state index contributed by atoms with van der Waals surface area (Å²) in [5, 5.41) is 14.2. The number of anilines is 2. The lowest BCUT2D eigenvalue weighted by Gasteiger charge is -2.36. The van der Waals surface area contributed by atoms with Crippen molar-refractivity contribution >= 4 is 43.4 Å². The number of rotatable bonds is 5. The van der Waals surface area contributed by atoms with E-state index in [0.29, 0.717) is 19.8 Å². The second kappa shape index (κ2) is 8.12. The smallest absolute Gasteiger partial charge is 0.147 e. The number of nitrogens with zero attached hydrogens (tertiary/aromatic N) is 4. The Hall–Kier alpha value is -2.07. The molecule has 2 aliphatic rings. The Balaban J connectivity index is 1.72. The molecule has 8 nitrogen and oxygen atoms in total. The van der Waals surface area contributed by atoms with Crippen LogP contribution in [-0.2, 0) is 22.5 Å². The first-order valence-corrected chi connectivity index (χ1v) is 11.8. The molecule has 3 aromatic rings. The molecule has 1 atom stereocenters. The van der Waals surface area contributed by atoms with Crippen LogP contribution in [0.2, 0.25) is 0 Å². The zero-order valence-electron chi connectivity index (χ0n) is 18.3. The van der Waals surface area contributed by atoms with Gasteiger partial charge in [0.15, 0.2) is 0 Å². The van der Waals surface area contributed by atoms with Crippen molar-refractivity contribution in [3.8, 4) is 0 Å². The molecule has 9 heteroatoms. The summed E-state index contributed by atoms with van der Waals surface area (Å²) in [4.78, 5) is 17.6. The molecule has 0 radical (unpaired) electrons. The SMILES string of the molecule is CCC(CO)Nc1ncnc2c1sc1nc(N3CCOCC3)c3c(c12)CC(C)(C)OC3. The summed E-state index contributed by atoms with van der Waals surface area (Å²) in [5.41, 5.74) is 3.15. The predicted molar refractivity (Wildman–Crippen MR) is 123 cm³/mol. The predicted octanol–water partition coefficient (Wildman–Crippen LogP) is 3.11. The van der Waals surface area contributed by atoms with Crippen LogP contribution in [0.5, 0.6) is 0 Å². The van der Waals surface area contributed by atoms with Gasteiger partial charge in [0.25, 0.3) is 0 Å². The first-order valence-electron chi connectivity index (χ1n) is 10.9. The molecular weight excluding hydrogens is 414 g/mol. The molecule has 2 N–H and O–H groups in total. The Labute approximate surface area is 185 Å². The minimum atomic E-state index is -0.240. The maximum Gasteiger partial charge on any atom is 0.147 e. The third kappa shape index (κ3) is 3.73. The summed E-state index contributed by atoms with van der Waals surface area (Å²) >= 11 is 1.62. The molecule has 0 saturated carbocycles. The lowest BCUT2D eigenvalue weighted by Crippen LogP contribution is -2.39. The number of fused-ring (bicyclic) bond motifs is 5. The molecule has 1 fully saturated rings. The standard InChI is InChI=1S/C22H29N5O3S/c1-4-13(10-28)25-19-18-17(23-12-24-19)16-14-9-22(2,3)30-11-15(14)20(26-21(16)31-18)27-5-7-29-8-6-27/h12-13,28H,4-11H2,1-3H3,(H,23,24,25). The molecule has 0 bridgehead atoms. The van der Waals surface area contributed by atoms with Gasteiger partial charge in [0.1, 0.15) is 22.8 Å². The van der Waals surface area contributed by atoms with Crippen LogP contribution in [0.1, 0.15) is 38.3 Å². The van der Waals surface area contributed by atoms with E-state index in [9.17, 15) is 5.11 Å². The average Bonchev–Trinajstić information content (AvgIpc) is 3.16. The summed E-state index contributed by atoms with van der Waals surface area (Å²) in [5.74, 6) is 1.78. The van der Waals surface area contributed by atoms with Gasteiger partial charge in [-0.3, -0.25) is 0 Å². The summed E-state index contributed by atoms with van der Waals surface area (Å²) in [6.07, 6.45) is 3.23. The summed E-state index contributed by atoms with van der Waals surface area (Å²) < 4.78 is 12.8. The van der Waals surface area contributed by atoms with Gasteiger partial charge in [0, 0.05) is 30.5 Å². The van der Waals surface area contributed by atoms with Gasteiger partial charge in [-0.15, -0.1) is 11.3 Å². The number of morpholine rings is 1. The van der Waals surface area contributed by atoms with E-state index < -0.39 is 0 Å². The fourth-order valence-corrected chi connectivity index (χ4v) is 5.51. The molecule has 5 heterocycles. The third-order valence-electron chi connectivity index (χ3n) is 6.17. The summed E-state index contributed by atoms with van der Waals surface area (Å²) in [6.45, 7) is 10.0. The Morgan fingerprint density at radius 1 is 1.26 bits per heavy atom. The van der Waals surface area contributed by atoms with Gasteiger partial charge >= 0.3 is 0 Å². The lowest BCUT2D eigenvalue weighted by molar-refractivity contribution is -0.0396. The minimum absolute atomic E-state index is 0.0403. The van der Waals surface area contributed by atoms with Crippen LogP contribution < -0.4 is 10.2 Å². The van der Waals surface area contributed by atoms with Gasteiger partial charge in [0.2, 0.25) is 0 Å². The van der Waals surface area contributed by atoms with E-state index in [-0.39, 0.29) is 18.2 Å². The molecule has 3 aromatic heterocycles. The first kappa shape index (κ1) is 20.8. The number of hydrogen-bond acceptors (Lipinski definition) is 9. The fourth-order valence-electron chi connectivity index (χ4n) is 4.40. The molecule has 0 aromatic carbocycles. The molecule has 0 aliphatic carbocycles. The molecule has 166 valence electrons. The first-order chi connectivity index (χ1) is 15.0. The molecule has 5 rings (SSSR count). The number of aliphatic hydroxyl groups is 1. The highest BCUT2D eigenvalue weighted by atomic mass is 32.1. The third-order valence-corrected chi connectivity index (χ3v) is 7.25. The van der Waals surface area contributed by atoms with Crippen LogP contribution >= 0.6 is 11.3 Å². The lowest BCUT2D eigenvalue weighted by atomic mass is 9.90. The van der Waals surface area contributed by atoms with E-state index >= 15 is 0 Å². The molecule has 0 spiro atoms. The van der Waals surface area contributed by atoms with Crippen molar-refractivity contribution < 1.29 is 14.6 Å². The zero-order chi connectivity index (χ0) is 21.6. The van der Waals surface area contributed by atoms with Crippen LogP contribution in [0.25, 0.3) is 20.4 Å². The Bertz CT molecular complexity index is 1110. The fraction of sp³-hybridized carbons (Fsp3) is 0.591. The highest BCUT2D eigenvalue weighted by Gasteiger charge is 2.33. The number of aromatic nitrogens is 3. The molecule has 0 amide bonds. The number of ether oxygens (including phenoxy) is 2. The van der Waals surface area contributed by atoms with Crippen molar-refractivity contribution in [3.63, 3.8) is 0 Å². The van der Waals surface area contributed by atoms with E-state index in [4.69, 9.17) is 14.5 Å². The van der Waals surface area contributed by atoms with Crippen LogP contribution in [0.4, 0.5) is 11.6 Å². The van der Waals surface area contributed by atoms with E-state index in [1.165, 1.54) is 11.1 Å². The zero-order valence-corrected chi connectivity index (χ0v) is 19.1. The number of thiophene rings is 1. The topological polar surface area (TPSA) is 92.6 Å². The van der Waals surface area contributed by atoms with E-state index in [2.05, 4.69) is 34.0 Å². The van der Waals surface area contributed by atoms with Crippen LogP contribution in [0.3, 0.4) is 0 Å². The van der Waals surface area contributed by atoms with Crippen molar-refractivity contribution in [1.82, 2.24) is 15.0 Å². The van der Waals surface area contributed by atoms with Gasteiger partial charge in [-0.05, 0) is 25.8 Å². The van der Waals surface area contributed by atoms with Gasteiger partial charge in [-0.2, -0.15) is 0 Å². The number of aliphatic hydroxyl groups excluding tert-OH is 1. The van der Waals surface area contributed by atoms with Crippen molar-refractivity contribution in [2.45, 2.75) is 51.9 Å². The Morgan fingerprint density at radius 2 is 2.06 bits per heavy atom. The molecular formula is C22H29N5O3S. The highest BCUT2D eigenvalue weighted by molar-refractivity contribution is 7.26. The number of hydrogen-bond donors (Lipinski definition) is 2. The molecule has 31 heavy (non-hydrogen) atoms. The maximum atomic E-state index is 9.65. The van der Waals surface area contributed by atoms with Gasteiger partial charge < -0.3 is 24.8 Å². The van der Waals surface area contributed by atoms with Crippen LogP contribution in [-0.4, -0.2) is 64.6 Å². The van der Waals surface area contributed by atoms with Crippen molar-refractivity contribution in [3.05, 3.63) is 17.5 Å². The summed E-state index contributed by atoms with van der Waals surface area (Å²) in [6, 6.07) is -0.0403. The van der Waals surface area contributed by atoms with Crippen molar-refractivity contribution in [2.75, 3.05) is 43.1 Å². The van der Waals surface area contributed by atoms with E-state index in [1.807, 2.05) is 6.92 Å². The second-order valence-electron chi connectivity index (χ2n) is 8.83. The van der Waals surface area contributed by atoms with Gasteiger partial charge in [-0.1, -0.05) is 6.92 Å². The summed E-state index contributed by atoms with van der Waals surface area (Å²) in [7, 11) is 0. The normalized spacial score (nSPS) is 19.5. The van der Waals surface area contributed by atoms with Crippen molar-refractivity contribution in [1.29, 1.82) is 0 Å². The Morgan fingerprint density at radius 3 is 2.81 bits per heavy atom.